The summed E-state index contributed by atoms with van der Waals surface area (Å²) in [5.41, 5.74) is 1.47. The van der Waals surface area contributed by atoms with Gasteiger partial charge in [-0.3, -0.25) is 4.79 Å². The molecule has 0 aromatic heterocycles. The molecule has 4 nitrogen and oxygen atoms in total. The molecule has 122 valence electrons. The first-order valence-electron chi connectivity index (χ1n) is 8.06. The van der Waals surface area contributed by atoms with Crippen LogP contribution in [-0.4, -0.2) is 42.6 Å². The van der Waals surface area contributed by atoms with E-state index in [-0.39, 0.29) is 11.4 Å². The van der Waals surface area contributed by atoms with E-state index in [1.54, 1.807) is 7.11 Å². The molecule has 1 N–H and O–H groups in total. The fourth-order valence-electron chi connectivity index (χ4n) is 3.08. The van der Waals surface area contributed by atoms with Crippen LogP contribution in [0.1, 0.15) is 49.5 Å². The number of hydrogen-bond acceptors (Lipinski definition) is 3. The molecule has 22 heavy (non-hydrogen) atoms. The van der Waals surface area contributed by atoms with Crippen molar-refractivity contribution >= 4 is 5.91 Å². The summed E-state index contributed by atoms with van der Waals surface area (Å²) < 4.78 is 5.30. The van der Waals surface area contributed by atoms with Crippen LogP contribution in [0.25, 0.3) is 0 Å². The summed E-state index contributed by atoms with van der Waals surface area (Å²) in [7, 11) is 1.63. The molecule has 1 aliphatic rings. The van der Waals surface area contributed by atoms with E-state index in [0.29, 0.717) is 11.6 Å². The van der Waals surface area contributed by atoms with Crippen molar-refractivity contribution in [3.63, 3.8) is 0 Å². The van der Waals surface area contributed by atoms with E-state index in [0.717, 1.165) is 37.2 Å². The lowest BCUT2D eigenvalue weighted by Crippen LogP contribution is -2.54. The van der Waals surface area contributed by atoms with Crippen molar-refractivity contribution in [1.82, 2.24) is 10.2 Å². The Labute approximate surface area is 133 Å². The number of amides is 1. The average Bonchev–Trinajstić information content (AvgIpc) is 2.47. The van der Waals surface area contributed by atoms with Crippen LogP contribution >= 0.6 is 0 Å². The maximum Gasteiger partial charge on any atom is 0.252 e. The molecule has 1 aliphatic heterocycles. The highest BCUT2D eigenvalue weighted by Crippen LogP contribution is 2.25. The fraction of sp³-hybridized carbons (Fsp3) is 0.611. The van der Waals surface area contributed by atoms with E-state index in [4.69, 9.17) is 4.74 Å². The fourth-order valence-corrected chi connectivity index (χ4v) is 3.08. The molecule has 1 saturated heterocycles. The number of nitrogens with one attached hydrogen (secondary N) is 1. The van der Waals surface area contributed by atoms with Gasteiger partial charge in [-0.1, -0.05) is 6.07 Å². The average molecular weight is 304 g/mol. The Kier molecular flexibility index (Phi) is 5.12. The van der Waals surface area contributed by atoms with Gasteiger partial charge in [0.2, 0.25) is 0 Å². The summed E-state index contributed by atoms with van der Waals surface area (Å²) in [5.74, 6) is 0.754. The normalized spacial score (nSPS) is 18.3. The summed E-state index contributed by atoms with van der Waals surface area (Å²) in [5, 5.41) is 3.24. The van der Waals surface area contributed by atoms with Crippen molar-refractivity contribution in [3.05, 3.63) is 29.3 Å². The summed E-state index contributed by atoms with van der Waals surface area (Å²) in [6, 6.07) is 6.18. The molecule has 0 unspecified atom stereocenters. The molecule has 1 aromatic carbocycles. The minimum atomic E-state index is -0.127. The van der Waals surface area contributed by atoms with Crippen LogP contribution in [0.3, 0.4) is 0 Å². The van der Waals surface area contributed by atoms with Crippen molar-refractivity contribution in [2.75, 3.05) is 20.2 Å². The second-order valence-corrected chi connectivity index (χ2v) is 6.78. The third-order valence-corrected chi connectivity index (χ3v) is 4.80. The van der Waals surface area contributed by atoms with Crippen LogP contribution in [0.4, 0.5) is 0 Å². The maximum atomic E-state index is 12.6. The van der Waals surface area contributed by atoms with E-state index >= 15 is 0 Å². The molecule has 0 atom stereocenters. The SMILES string of the molecule is COc1cccc(C(=O)NC2(C)CCN(C(C)C)CC2)c1C. The number of ether oxygens (including phenoxy) is 1. The van der Waals surface area contributed by atoms with E-state index < -0.39 is 0 Å². The zero-order valence-corrected chi connectivity index (χ0v) is 14.4. The molecule has 0 spiro atoms. The zero-order chi connectivity index (χ0) is 16.3. The highest BCUT2D eigenvalue weighted by Gasteiger charge is 2.32. The van der Waals surface area contributed by atoms with Crippen molar-refractivity contribution in [2.45, 2.75) is 52.1 Å². The van der Waals surface area contributed by atoms with E-state index in [2.05, 4.69) is 31.0 Å². The van der Waals surface area contributed by atoms with E-state index in [1.165, 1.54) is 0 Å². The quantitative estimate of drug-likeness (QED) is 0.930. The second kappa shape index (κ2) is 6.69. The number of piperidine rings is 1. The number of rotatable bonds is 4. The third-order valence-electron chi connectivity index (χ3n) is 4.80. The van der Waals surface area contributed by atoms with Gasteiger partial charge in [0, 0.05) is 35.8 Å². The van der Waals surface area contributed by atoms with Gasteiger partial charge in [-0.15, -0.1) is 0 Å². The zero-order valence-electron chi connectivity index (χ0n) is 14.4. The highest BCUT2D eigenvalue weighted by molar-refractivity contribution is 5.96. The Hall–Kier alpha value is -1.55. The summed E-state index contributed by atoms with van der Waals surface area (Å²) >= 11 is 0. The van der Waals surface area contributed by atoms with E-state index in [9.17, 15) is 4.79 Å². The number of hydrogen-bond donors (Lipinski definition) is 1. The van der Waals surface area contributed by atoms with Crippen LogP contribution in [0.5, 0.6) is 5.75 Å². The minimum absolute atomic E-state index is 0.00287. The molecule has 0 aliphatic carbocycles. The van der Waals surface area contributed by atoms with Gasteiger partial charge in [-0.25, -0.2) is 0 Å². The van der Waals surface area contributed by atoms with Gasteiger partial charge in [0.15, 0.2) is 0 Å². The van der Waals surface area contributed by atoms with Crippen LogP contribution in [-0.2, 0) is 0 Å². The molecular weight excluding hydrogens is 276 g/mol. The molecule has 4 heteroatoms. The Balaban J connectivity index is 2.06. The number of carbonyl (C=O) groups excluding carboxylic acids is 1. The smallest absolute Gasteiger partial charge is 0.252 e. The molecule has 0 bridgehead atoms. The molecular formula is C18H28N2O2. The first-order chi connectivity index (χ1) is 10.4. The van der Waals surface area contributed by atoms with Crippen molar-refractivity contribution in [2.24, 2.45) is 0 Å². The van der Waals surface area contributed by atoms with Crippen LogP contribution in [0, 0.1) is 6.92 Å². The van der Waals surface area contributed by atoms with Gasteiger partial charge >= 0.3 is 0 Å². The Bertz CT molecular complexity index is 532. The number of likely N-dealkylation sites (tertiary alicyclic amines) is 1. The maximum absolute atomic E-state index is 12.6. The molecule has 1 fully saturated rings. The first kappa shape index (κ1) is 16.8. The van der Waals surface area contributed by atoms with Gasteiger partial charge in [0.25, 0.3) is 5.91 Å². The van der Waals surface area contributed by atoms with Gasteiger partial charge in [0.1, 0.15) is 5.75 Å². The Morgan fingerprint density at radius 3 is 2.50 bits per heavy atom. The van der Waals surface area contributed by atoms with Crippen molar-refractivity contribution in [3.8, 4) is 5.75 Å². The first-order valence-corrected chi connectivity index (χ1v) is 8.06. The number of nitrogens with zero attached hydrogens (tertiary/aromatic N) is 1. The standard InChI is InChI=1S/C18H28N2O2/c1-13(2)20-11-9-18(4,10-12-20)19-17(21)15-7-6-8-16(22-5)14(15)3/h6-8,13H,9-12H2,1-5H3,(H,19,21). The molecule has 2 rings (SSSR count). The van der Waals surface area contributed by atoms with Crippen LogP contribution in [0.2, 0.25) is 0 Å². The monoisotopic (exact) mass is 304 g/mol. The predicted octanol–water partition coefficient (Wildman–Crippen LogP) is 3.00. The summed E-state index contributed by atoms with van der Waals surface area (Å²) in [6.45, 7) is 10.6. The largest absolute Gasteiger partial charge is 0.496 e. The molecule has 0 radical (unpaired) electrons. The lowest BCUT2D eigenvalue weighted by atomic mass is 9.88. The van der Waals surface area contributed by atoms with Crippen molar-refractivity contribution in [1.29, 1.82) is 0 Å². The minimum Gasteiger partial charge on any atom is -0.496 e. The van der Waals surface area contributed by atoms with Gasteiger partial charge in [-0.2, -0.15) is 0 Å². The molecule has 0 saturated carbocycles. The van der Waals surface area contributed by atoms with Gasteiger partial charge in [0.05, 0.1) is 7.11 Å². The summed E-state index contributed by atoms with van der Waals surface area (Å²) in [4.78, 5) is 15.1. The molecule has 1 heterocycles. The number of methoxy groups -OCH3 is 1. The van der Waals surface area contributed by atoms with Gasteiger partial charge < -0.3 is 15.0 Å². The topological polar surface area (TPSA) is 41.6 Å². The Morgan fingerprint density at radius 2 is 1.95 bits per heavy atom. The lowest BCUT2D eigenvalue weighted by Gasteiger charge is -2.41. The van der Waals surface area contributed by atoms with Crippen LogP contribution in [0.15, 0.2) is 18.2 Å². The third kappa shape index (κ3) is 3.61. The number of carbonyl (C=O) groups is 1. The van der Waals surface area contributed by atoms with Gasteiger partial charge in [-0.05, 0) is 52.7 Å². The Morgan fingerprint density at radius 1 is 1.32 bits per heavy atom. The van der Waals surface area contributed by atoms with Crippen molar-refractivity contribution < 1.29 is 9.53 Å². The summed E-state index contributed by atoms with van der Waals surface area (Å²) in [6.07, 6.45) is 1.97. The second-order valence-electron chi connectivity index (χ2n) is 6.78. The number of benzene rings is 1. The van der Waals surface area contributed by atoms with E-state index in [1.807, 2.05) is 25.1 Å². The van der Waals surface area contributed by atoms with Crippen LogP contribution < -0.4 is 10.1 Å². The molecule has 1 aromatic rings. The lowest BCUT2D eigenvalue weighted by molar-refractivity contribution is 0.0800. The predicted molar refractivity (Wildman–Crippen MR) is 89.5 cm³/mol. The highest BCUT2D eigenvalue weighted by atomic mass is 16.5. The molecule has 1 amide bonds.